The summed E-state index contributed by atoms with van der Waals surface area (Å²) in [5, 5.41) is 0.746. The SMILES string of the molecule is NC(=O)OC1CCC(C(=O)N2CCC([C@H]3c4ncc(Br)cc4CCc4cc(Cl)cc(Br)c43)CC2)CC1. The predicted octanol–water partition coefficient (Wildman–Crippen LogP) is 6.38. The third-order valence-electron chi connectivity index (χ3n) is 8.05. The lowest BCUT2D eigenvalue weighted by Gasteiger charge is -2.39. The maximum absolute atomic E-state index is 13.3. The fourth-order valence-corrected chi connectivity index (χ4v) is 7.83. The van der Waals surface area contributed by atoms with E-state index < -0.39 is 6.09 Å². The molecule has 0 radical (unpaired) electrons. The summed E-state index contributed by atoms with van der Waals surface area (Å²) < 4.78 is 7.17. The Bertz CT molecular complexity index is 1160. The molecule has 1 aromatic carbocycles. The number of hydrogen-bond donors (Lipinski definition) is 1. The van der Waals surface area contributed by atoms with Crippen LogP contribution in [0.1, 0.15) is 66.8 Å². The second-order valence-corrected chi connectivity index (χ2v) is 12.4. The van der Waals surface area contributed by atoms with E-state index in [1.807, 2.05) is 17.2 Å². The number of likely N-dealkylation sites (tertiary alicyclic amines) is 1. The molecule has 1 saturated carbocycles. The lowest BCUT2D eigenvalue weighted by Crippen LogP contribution is -2.44. The second-order valence-electron chi connectivity index (χ2n) is 10.2. The number of piperidine rings is 1. The lowest BCUT2D eigenvalue weighted by atomic mass is 9.76. The third kappa shape index (κ3) is 5.46. The molecule has 3 aliphatic rings. The van der Waals surface area contributed by atoms with Gasteiger partial charge < -0.3 is 15.4 Å². The van der Waals surface area contributed by atoms with Crippen LogP contribution in [0.2, 0.25) is 5.02 Å². The van der Waals surface area contributed by atoms with E-state index in [2.05, 4.69) is 44.0 Å². The van der Waals surface area contributed by atoms with E-state index in [1.165, 1.54) is 16.7 Å². The number of aromatic nitrogens is 1. The zero-order valence-corrected chi connectivity index (χ0v) is 23.9. The molecule has 2 aliphatic carbocycles. The van der Waals surface area contributed by atoms with Gasteiger partial charge in [0.25, 0.3) is 0 Å². The number of carbonyl (C=O) groups is 2. The molecule has 2 heterocycles. The quantitative estimate of drug-likeness (QED) is 0.422. The first-order chi connectivity index (χ1) is 17.3. The molecular formula is C27H30Br2ClN3O3. The van der Waals surface area contributed by atoms with Crippen molar-refractivity contribution in [3.8, 4) is 0 Å². The molecule has 2 aromatic rings. The van der Waals surface area contributed by atoms with Gasteiger partial charge in [-0.1, -0.05) is 27.5 Å². The van der Waals surface area contributed by atoms with Gasteiger partial charge in [-0.25, -0.2) is 4.79 Å². The Hall–Kier alpha value is -1.64. The van der Waals surface area contributed by atoms with Crippen molar-refractivity contribution in [2.45, 2.75) is 63.4 Å². The molecular weight excluding hydrogens is 610 g/mol. The van der Waals surface area contributed by atoms with E-state index in [0.29, 0.717) is 18.8 Å². The number of amides is 2. The molecule has 192 valence electrons. The minimum Gasteiger partial charge on any atom is -0.446 e. The van der Waals surface area contributed by atoms with Gasteiger partial charge in [-0.05, 0) is 108 Å². The lowest BCUT2D eigenvalue weighted by molar-refractivity contribution is -0.138. The molecule has 1 saturated heterocycles. The van der Waals surface area contributed by atoms with Crippen LogP contribution in [0.15, 0.2) is 33.3 Å². The molecule has 6 nitrogen and oxygen atoms in total. The Morgan fingerprint density at radius 1 is 1.00 bits per heavy atom. The van der Waals surface area contributed by atoms with Crippen molar-refractivity contribution in [2.24, 2.45) is 17.6 Å². The monoisotopic (exact) mass is 637 g/mol. The first-order valence-corrected chi connectivity index (χ1v) is 14.6. The largest absolute Gasteiger partial charge is 0.446 e. The fraction of sp³-hybridized carbons (Fsp3) is 0.519. The Morgan fingerprint density at radius 2 is 1.69 bits per heavy atom. The molecule has 1 aliphatic heterocycles. The number of rotatable bonds is 3. The average Bonchev–Trinajstić information content (AvgIpc) is 3.00. The van der Waals surface area contributed by atoms with Crippen molar-refractivity contribution >= 4 is 55.5 Å². The number of fused-ring (bicyclic) bond motifs is 2. The molecule has 0 spiro atoms. The molecule has 36 heavy (non-hydrogen) atoms. The minimum absolute atomic E-state index is 0.00362. The molecule has 2 N–H and O–H groups in total. The fourth-order valence-electron chi connectivity index (χ4n) is 6.33. The van der Waals surface area contributed by atoms with Crippen LogP contribution in [-0.4, -0.2) is 41.1 Å². The summed E-state index contributed by atoms with van der Waals surface area (Å²) in [6.45, 7) is 1.51. The standard InChI is InChI=1S/C27H30Br2ClN3O3/c28-19-11-18-2-1-17-12-20(30)13-22(29)23(17)24(25(18)32-14-19)15-7-9-33(10-8-15)26(34)16-3-5-21(6-4-16)36-27(31)35/h11-16,21,24H,1-10H2,(H2,31,35)/t16?,21?,24-/m1/s1. The molecule has 5 rings (SSSR count). The number of benzene rings is 1. The van der Waals surface area contributed by atoms with E-state index in [1.54, 1.807) is 0 Å². The first-order valence-electron chi connectivity index (χ1n) is 12.7. The summed E-state index contributed by atoms with van der Waals surface area (Å²) in [4.78, 5) is 31.3. The highest BCUT2D eigenvalue weighted by atomic mass is 79.9. The highest BCUT2D eigenvalue weighted by Gasteiger charge is 2.38. The van der Waals surface area contributed by atoms with E-state index >= 15 is 0 Å². The molecule has 0 unspecified atom stereocenters. The number of halogens is 3. The summed E-state index contributed by atoms with van der Waals surface area (Å²) in [6, 6.07) is 6.30. The molecule has 9 heteroatoms. The Labute approximate surface area is 233 Å². The number of aryl methyl sites for hydroxylation is 2. The second kappa shape index (κ2) is 11.0. The van der Waals surface area contributed by atoms with Gasteiger partial charge in [0, 0.05) is 45.1 Å². The van der Waals surface area contributed by atoms with Crippen LogP contribution in [0.3, 0.4) is 0 Å². The number of primary amides is 1. The zero-order valence-electron chi connectivity index (χ0n) is 20.0. The Balaban J connectivity index is 1.32. The number of pyridine rings is 1. The van der Waals surface area contributed by atoms with E-state index in [9.17, 15) is 9.59 Å². The van der Waals surface area contributed by atoms with E-state index in [-0.39, 0.29) is 23.8 Å². The highest BCUT2D eigenvalue weighted by molar-refractivity contribution is 9.10. The number of carbonyl (C=O) groups excluding carboxylic acids is 2. The number of hydrogen-bond acceptors (Lipinski definition) is 4. The van der Waals surface area contributed by atoms with Gasteiger partial charge in [-0.15, -0.1) is 0 Å². The van der Waals surface area contributed by atoms with Crippen LogP contribution >= 0.6 is 43.5 Å². The van der Waals surface area contributed by atoms with Crippen LogP contribution < -0.4 is 5.73 Å². The van der Waals surface area contributed by atoms with Crippen molar-refractivity contribution in [1.29, 1.82) is 0 Å². The maximum atomic E-state index is 13.3. The smallest absolute Gasteiger partial charge is 0.404 e. The topological polar surface area (TPSA) is 85.5 Å². The highest BCUT2D eigenvalue weighted by Crippen LogP contribution is 2.46. The normalized spacial score (nSPS) is 24.4. The molecule has 2 fully saturated rings. The Morgan fingerprint density at radius 3 is 2.39 bits per heavy atom. The summed E-state index contributed by atoms with van der Waals surface area (Å²) >= 11 is 13.9. The summed E-state index contributed by atoms with van der Waals surface area (Å²) in [5.41, 5.74) is 10.2. The maximum Gasteiger partial charge on any atom is 0.404 e. The van der Waals surface area contributed by atoms with E-state index in [4.69, 9.17) is 27.1 Å². The third-order valence-corrected chi connectivity index (χ3v) is 9.35. The van der Waals surface area contributed by atoms with Gasteiger partial charge in [-0.3, -0.25) is 9.78 Å². The van der Waals surface area contributed by atoms with Crippen LogP contribution in [0, 0.1) is 11.8 Å². The molecule has 1 atom stereocenters. The van der Waals surface area contributed by atoms with Gasteiger partial charge in [-0.2, -0.15) is 0 Å². The summed E-state index contributed by atoms with van der Waals surface area (Å²) in [7, 11) is 0. The molecule has 2 amide bonds. The summed E-state index contributed by atoms with van der Waals surface area (Å²) in [6.07, 6.45) is 7.61. The van der Waals surface area contributed by atoms with Gasteiger partial charge in [0.1, 0.15) is 6.10 Å². The number of nitrogens with zero attached hydrogens (tertiary/aromatic N) is 2. The Kier molecular flexibility index (Phi) is 7.94. The van der Waals surface area contributed by atoms with Crippen LogP contribution in [0.5, 0.6) is 0 Å². The van der Waals surface area contributed by atoms with Crippen molar-refractivity contribution in [3.63, 3.8) is 0 Å². The van der Waals surface area contributed by atoms with Gasteiger partial charge in [0.05, 0.1) is 5.69 Å². The van der Waals surface area contributed by atoms with E-state index in [0.717, 1.165) is 71.3 Å². The molecule has 1 aromatic heterocycles. The van der Waals surface area contributed by atoms with Crippen molar-refractivity contribution < 1.29 is 14.3 Å². The summed E-state index contributed by atoms with van der Waals surface area (Å²) in [5.74, 6) is 0.790. The van der Waals surface area contributed by atoms with Crippen molar-refractivity contribution in [3.05, 3.63) is 60.7 Å². The number of nitrogens with two attached hydrogens (primary N) is 1. The predicted molar refractivity (Wildman–Crippen MR) is 146 cm³/mol. The van der Waals surface area contributed by atoms with Crippen LogP contribution in [0.25, 0.3) is 0 Å². The average molecular weight is 640 g/mol. The van der Waals surface area contributed by atoms with Gasteiger partial charge in [0.15, 0.2) is 0 Å². The van der Waals surface area contributed by atoms with Gasteiger partial charge >= 0.3 is 6.09 Å². The van der Waals surface area contributed by atoms with Crippen molar-refractivity contribution in [1.82, 2.24) is 9.88 Å². The van der Waals surface area contributed by atoms with Crippen LogP contribution in [-0.2, 0) is 22.4 Å². The minimum atomic E-state index is -0.732. The van der Waals surface area contributed by atoms with Gasteiger partial charge in [0.2, 0.25) is 5.91 Å². The zero-order chi connectivity index (χ0) is 25.4. The molecule has 0 bridgehead atoms. The van der Waals surface area contributed by atoms with Crippen LogP contribution in [0.4, 0.5) is 4.79 Å². The number of ether oxygens (including phenoxy) is 1. The first kappa shape index (κ1) is 26.0. The van der Waals surface area contributed by atoms with Crippen molar-refractivity contribution in [2.75, 3.05) is 13.1 Å².